The van der Waals surface area contributed by atoms with Gasteiger partial charge in [-0.2, -0.15) is 0 Å². The van der Waals surface area contributed by atoms with E-state index in [9.17, 15) is 8.42 Å². The Morgan fingerprint density at radius 1 is 1.50 bits per heavy atom. The lowest BCUT2D eigenvalue weighted by molar-refractivity contribution is 0.114. The Bertz CT molecular complexity index is 524. The van der Waals surface area contributed by atoms with Crippen molar-refractivity contribution in [2.45, 2.75) is 30.8 Å². The molecule has 2 rings (SSSR count). The fourth-order valence-corrected chi connectivity index (χ4v) is 3.27. The highest BCUT2D eigenvalue weighted by atomic mass is 79.9. The van der Waals surface area contributed by atoms with Gasteiger partial charge in [-0.15, -0.1) is 0 Å². The van der Waals surface area contributed by atoms with E-state index < -0.39 is 10.0 Å². The summed E-state index contributed by atoms with van der Waals surface area (Å²) in [6.45, 7) is 2.93. The van der Waals surface area contributed by atoms with E-state index in [1.165, 1.54) is 0 Å². The molecular formula is C12H16BrNO3S. The van der Waals surface area contributed by atoms with Gasteiger partial charge in [0.2, 0.25) is 10.0 Å². The topological polar surface area (TPSA) is 55.4 Å². The van der Waals surface area contributed by atoms with Crippen LogP contribution in [0.15, 0.2) is 27.6 Å². The van der Waals surface area contributed by atoms with Crippen LogP contribution >= 0.6 is 15.9 Å². The quantitative estimate of drug-likeness (QED) is 0.919. The van der Waals surface area contributed by atoms with Crippen molar-refractivity contribution in [2.75, 3.05) is 13.2 Å². The van der Waals surface area contributed by atoms with Gasteiger partial charge in [0, 0.05) is 17.6 Å². The van der Waals surface area contributed by atoms with Crippen molar-refractivity contribution in [1.29, 1.82) is 0 Å². The van der Waals surface area contributed by atoms with Crippen LogP contribution in [-0.4, -0.2) is 27.7 Å². The molecule has 100 valence electrons. The summed E-state index contributed by atoms with van der Waals surface area (Å²) in [5.41, 5.74) is 0.898. The summed E-state index contributed by atoms with van der Waals surface area (Å²) >= 11 is 3.35. The third-order valence-corrected chi connectivity index (χ3v) is 5.28. The molecule has 1 fully saturated rings. The van der Waals surface area contributed by atoms with E-state index in [0.29, 0.717) is 11.4 Å². The number of sulfonamides is 1. The minimum atomic E-state index is -3.44. The van der Waals surface area contributed by atoms with E-state index in [1.54, 1.807) is 18.2 Å². The molecule has 1 aromatic carbocycles. The standard InChI is InChI=1S/C12H16BrNO3S/c1-9-7-11(4-5-12(9)13)18(15,16)14-8-10-3-2-6-17-10/h4-5,7,10,14H,2-3,6,8H2,1H3. The molecule has 1 atom stereocenters. The molecule has 0 saturated carbocycles. The first kappa shape index (κ1) is 14.0. The van der Waals surface area contributed by atoms with E-state index in [2.05, 4.69) is 20.7 Å². The second kappa shape index (κ2) is 5.69. The lowest BCUT2D eigenvalue weighted by Gasteiger charge is -2.12. The van der Waals surface area contributed by atoms with E-state index in [0.717, 1.165) is 29.5 Å². The number of ether oxygens (including phenoxy) is 1. The molecule has 1 saturated heterocycles. The number of aryl methyl sites for hydroxylation is 1. The summed E-state index contributed by atoms with van der Waals surface area (Å²) in [6.07, 6.45) is 1.93. The minimum absolute atomic E-state index is 0.0105. The van der Waals surface area contributed by atoms with Crippen LogP contribution in [-0.2, 0) is 14.8 Å². The molecule has 0 amide bonds. The summed E-state index contributed by atoms with van der Waals surface area (Å²) in [5, 5.41) is 0. The van der Waals surface area contributed by atoms with Crippen molar-refractivity contribution in [2.24, 2.45) is 0 Å². The SMILES string of the molecule is Cc1cc(S(=O)(=O)NCC2CCCO2)ccc1Br. The number of rotatable bonds is 4. The molecule has 1 unspecified atom stereocenters. The average Bonchev–Trinajstić information content (AvgIpc) is 2.83. The van der Waals surface area contributed by atoms with Crippen molar-refractivity contribution in [3.8, 4) is 0 Å². The van der Waals surface area contributed by atoms with Crippen molar-refractivity contribution in [3.05, 3.63) is 28.2 Å². The van der Waals surface area contributed by atoms with Crippen LogP contribution in [0.1, 0.15) is 18.4 Å². The molecule has 4 nitrogen and oxygen atoms in total. The van der Waals surface area contributed by atoms with E-state index in [-0.39, 0.29) is 6.10 Å². The first-order valence-electron chi connectivity index (χ1n) is 5.86. The summed E-state index contributed by atoms with van der Waals surface area (Å²) in [7, 11) is -3.44. The first-order valence-corrected chi connectivity index (χ1v) is 8.14. The Hall–Kier alpha value is -0.430. The number of hydrogen-bond acceptors (Lipinski definition) is 3. The Balaban J connectivity index is 2.07. The van der Waals surface area contributed by atoms with Crippen LogP contribution < -0.4 is 4.72 Å². The average molecular weight is 334 g/mol. The van der Waals surface area contributed by atoms with Gasteiger partial charge in [0.1, 0.15) is 0 Å². The summed E-state index contributed by atoms with van der Waals surface area (Å²) in [4.78, 5) is 0.293. The highest BCUT2D eigenvalue weighted by molar-refractivity contribution is 9.10. The zero-order valence-corrected chi connectivity index (χ0v) is 12.6. The van der Waals surface area contributed by atoms with Gasteiger partial charge >= 0.3 is 0 Å². The monoisotopic (exact) mass is 333 g/mol. The number of nitrogens with one attached hydrogen (secondary N) is 1. The summed E-state index contributed by atoms with van der Waals surface area (Å²) < 4.78 is 33.0. The number of benzene rings is 1. The Labute approximate surface area is 116 Å². The fraction of sp³-hybridized carbons (Fsp3) is 0.500. The van der Waals surface area contributed by atoms with E-state index >= 15 is 0 Å². The van der Waals surface area contributed by atoms with Gasteiger partial charge in [-0.25, -0.2) is 13.1 Å². The Kier molecular flexibility index (Phi) is 4.42. The number of hydrogen-bond donors (Lipinski definition) is 1. The van der Waals surface area contributed by atoms with Crippen molar-refractivity contribution in [3.63, 3.8) is 0 Å². The molecule has 0 spiro atoms. The molecule has 0 aliphatic carbocycles. The van der Waals surface area contributed by atoms with Gasteiger partial charge in [0.15, 0.2) is 0 Å². The highest BCUT2D eigenvalue weighted by Crippen LogP contribution is 2.20. The van der Waals surface area contributed by atoms with Gasteiger partial charge in [-0.3, -0.25) is 0 Å². The highest BCUT2D eigenvalue weighted by Gasteiger charge is 2.20. The Morgan fingerprint density at radius 2 is 2.28 bits per heavy atom. The van der Waals surface area contributed by atoms with Gasteiger partial charge in [0.25, 0.3) is 0 Å². The van der Waals surface area contributed by atoms with Gasteiger partial charge in [0.05, 0.1) is 11.0 Å². The molecule has 0 bridgehead atoms. The van der Waals surface area contributed by atoms with Crippen LogP contribution in [0, 0.1) is 6.92 Å². The predicted molar refractivity (Wildman–Crippen MR) is 73.0 cm³/mol. The van der Waals surface area contributed by atoms with Crippen molar-refractivity contribution >= 4 is 26.0 Å². The van der Waals surface area contributed by atoms with Crippen molar-refractivity contribution < 1.29 is 13.2 Å². The smallest absolute Gasteiger partial charge is 0.240 e. The molecule has 1 heterocycles. The molecule has 1 aromatic rings. The second-order valence-electron chi connectivity index (χ2n) is 4.40. The minimum Gasteiger partial charge on any atom is -0.377 e. The molecule has 1 aliphatic heterocycles. The predicted octanol–water partition coefficient (Wildman–Crippen LogP) is 2.21. The van der Waals surface area contributed by atoms with Gasteiger partial charge < -0.3 is 4.74 Å². The lowest BCUT2D eigenvalue weighted by atomic mass is 10.2. The maximum atomic E-state index is 12.1. The van der Waals surface area contributed by atoms with Crippen LogP contribution in [0.2, 0.25) is 0 Å². The molecule has 1 N–H and O–H groups in total. The largest absolute Gasteiger partial charge is 0.377 e. The third-order valence-electron chi connectivity index (χ3n) is 2.96. The zero-order chi connectivity index (χ0) is 13.2. The Morgan fingerprint density at radius 3 is 2.89 bits per heavy atom. The van der Waals surface area contributed by atoms with Crippen LogP contribution in [0.5, 0.6) is 0 Å². The molecule has 6 heteroatoms. The van der Waals surface area contributed by atoms with Gasteiger partial charge in [-0.1, -0.05) is 15.9 Å². The van der Waals surface area contributed by atoms with Crippen LogP contribution in [0.4, 0.5) is 0 Å². The second-order valence-corrected chi connectivity index (χ2v) is 7.02. The first-order chi connectivity index (χ1) is 8.49. The van der Waals surface area contributed by atoms with Crippen molar-refractivity contribution in [1.82, 2.24) is 4.72 Å². The third kappa shape index (κ3) is 3.32. The maximum absolute atomic E-state index is 12.1. The molecular weight excluding hydrogens is 318 g/mol. The number of halogens is 1. The van der Waals surface area contributed by atoms with E-state index in [4.69, 9.17) is 4.74 Å². The fourth-order valence-electron chi connectivity index (χ4n) is 1.88. The maximum Gasteiger partial charge on any atom is 0.240 e. The normalized spacial score (nSPS) is 20.2. The van der Waals surface area contributed by atoms with Gasteiger partial charge in [-0.05, 0) is 43.5 Å². The van der Waals surface area contributed by atoms with E-state index in [1.807, 2.05) is 6.92 Å². The van der Waals surface area contributed by atoms with Crippen LogP contribution in [0.3, 0.4) is 0 Å². The van der Waals surface area contributed by atoms with Crippen LogP contribution in [0.25, 0.3) is 0 Å². The molecule has 18 heavy (non-hydrogen) atoms. The lowest BCUT2D eigenvalue weighted by Crippen LogP contribution is -2.31. The zero-order valence-electron chi connectivity index (χ0n) is 10.1. The molecule has 1 aliphatic rings. The summed E-state index contributed by atoms with van der Waals surface area (Å²) in [6, 6.07) is 4.99. The molecule has 0 aromatic heterocycles. The molecule has 0 radical (unpaired) electrons. The summed E-state index contributed by atoms with van der Waals surface area (Å²) in [5.74, 6) is 0.